The third-order valence-electron chi connectivity index (χ3n) is 2.71. The first kappa shape index (κ1) is 15.2. The van der Waals surface area contributed by atoms with Crippen LogP contribution < -0.4 is 10.6 Å². The van der Waals surface area contributed by atoms with E-state index in [1.54, 1.807) is 42.5 Å². The van der Waals surface area contributed by atoms with E-state index in [9.17, 15) is 4.79 Å². The number of carbonyl (C=O) groups excluding carboxylic acids is 1. The topological polar surface area (TPSA) is 64.9 Å². The van der Waals surface area contributed by atoms with Gasteiger partial charge in [0.1, 0.15) is 0 Å². The molecular weight excluding hydrogens is 309 g/mol. The highest BCUT2D eigenvalue weighted by atomic mass is 35.5. The first-order chi connectivity index (χ1) is 10.1. The molecular formula is C15H11Cl2N3O. The lowest BCUT2D eigenvalue weighted by atomic mass is 10.1. The number of benzene rings is 2. The number of nitrogens with zero attached hydrogens (tertiary/aromatic N) is 1. The molecule has 0 bridgehead atoms. The highest BCUT2D eigenvalue weighted by Gasteiger charge is 2.04. The Morgan fingerprint density at radius 3 is 2.43 bits per heavy atom. The van der Waals surface area contributed by atoms with Crippen molar-refractivity contribution in [3.63, 3.8) is 0 Å². The number of nitrogens with one attached hydrogen (secondary N) is 2. The normalized spacial score (nSPS) is 9.76. The molecule has 0 saturated heterocycles. The number of nitriles is 1. The smallest absolute Gasteiger partial charge is 0.319 e. The van der Waals surface area contributed by atoms with Gasteiger partial charge >= 0.3 is 6.03 Å². The minimum Gasteiger partial charge on any atom is -0.334 e. The highest BCUT2D eigenvalue weighted by Crippen LogP contribution is 2.24. The van der Waals surface area contributed by atoms with E-state index in [2.05, 4.69) is 10.6 Å². The number of amides is 2. The Kier molecular flexibility index (Phi) is 5.04. The molecule has 0 aliphatic heterocycles. The lowest BCUT2D eigenvalue weighted by Gasteiger charge is -2.08. The van der Waals surface area contributed by atoms with E-state index in [0.717, 1.165) is 5.56 Å². The van der Waals surface area contributed by atoms with Crippen molar-refractivity contribution in [3.8, 4) is 6.07 Å². The van der Waals surface area contributed by atoms with Crippen LogP contribution in [-0.2, 0) is 6.54 Å². The Balaban J connectivity index is 1.89. The van der Waals surface area contributed by atoms with Gasteiger partial charge in [0.25, 0.3) is 0 Å². The summed E-state index contributed by atoms with van der Waals surface area (Å²) in [6.07, 6.45) is 0. The number of hydrogen-bond donors (Lipinski definition) is 2. The molecule has 0 aliphatic rings. The van der Waals surface area contributed by atoms with Crippen molar-refractivity contribution in [2.75, 3.05) is 5.32 Å². The van der Waals surface area contributed by atoms with Gasteiger partial charge in [-0.2, -0.15) is 5.26 Å². The molecule has 0 unspecified atom stereocenters. The SMILES string of the molecule is N#Cc1ccc(CNC(=O)Nc2ccc(Cl)c(Cl)c2)cc1. The second-order valence-electron chi connectivity index (χ2n) is 4.25. The van der Waals surface area contributed by atoms with Gasteiger partial charge in [0.15, 0.2) is 0 Å². The van der Waals surface area contributed by atoms with Crippen LogP contribution in [0.25, 0.3) is 0 Å². The second kappa shape index (κ2) is 6.98. The lowest BCUT2D eigenvalue weighted by molar-refractivity contribution is 0.251. The summed E-state index contributed by atoms with van der Waals surface area (Å²) in [5.41, 5.74) is 2.04. The lowest BCUT2D eigenvalue weighted by Crippen LogP contribution is -2.28. The molecule has 2 rings (SSSR count). The third kappa shape index (κ3) is 4.38. The van der Waals surface area contributed by atoms with Crippen molar-refractivity contribution in [2.45, 2.75) is 6.54 Å². The van der Waals surface area contributed by atoms with Crippen molar-refractivity contribution in [1.82, 2.24) is 5.32 Å². The van der Waals surface area contributed by atoms with Crippen LogP contribution in [0.1, 0.15) is 11.1 Å². The molecule has 0 aromatic heterocycles. The fourth-order valence-corrected chi connectivity index (χ4v) is 1.93. The number of anilines is 1. The van der Waals surface area contributed by atoms with Crippen LogP contribution in [0.3, 0.4) is 0 Å². The van der Waals surface area contributed by atoms with Crippen LogP contribution in [-0.4, -0.2) is 6.03 Å². The second-order valence-corrected chi connectivity index (χ2v) is 5.06. The molecule has 2 N–H and O–H groups in total. The van der Waals surface area contributed by atoms with E-state index in [1.165, 1.54) is 0 Å². The van der Waals surface area contributed by atoms with Crippen molar-refractivity contribution in [2.24, 2.45) is 0 Å². The fourth-order valence-electron chi connectivity index (χ4n) is 1.63. The molecule has 4 nitrogen and oxygen atoms in total. The Morgan fingerprint density at radius 1 is 1.10 bits per heavy atom. The Bertz CT molecular complexity index is 693. The fraction of sp³-hybridized carbons (Fsp3) is 0.0667. The Hall–Kier alpha value is -2.22. The van der Waals surface area contributed by atoms with E-state index >= 15 is 0 Å². The molecule has 6 heteroatoms. The summed E-state index contributed by atoms with van der Waals surface area (Å²) in [4.78, 5) is 11.8. The van der Waals surface area contributed by atoms with Gasteiger partial charge in [-0.3, -0.25) is 0 Å². The molecule has 0 fully saturated rings. The van der Waals surface area contributed by atoms with Crippen molar-refractivity contribution < 1.29 is 4.79 Å². The van der Waals surface area contributed by atoms with Crippen molar-refractivity contribution in [3.05, 3.63) is 63.6 Å². The summed E-state index contributed by atoms with van der Waals surface area (Å²) in [5.74, 6) is 0. The standard InChI is InChI=1S/C15H11Cl2N3O/c16-13-6-5-12(7-14(13)17)20-15(21)19-9-11-3-1-10(8-18)2-4-11/h1-7H,9H2,(H2,19,20,21). The van der Waals surface area contributed by atoms with Crippen molar-refractivity contribution in [1.29, 1.82) is 5.26 Å². The van der Waals surface area contributed by atoms with E-state index in [1.807, 2.05) is 6.07 Å². The maximum atomic E-state index is 11.8. The zero-order chi connectivity index (χ0) is 15.2. The van der Waals surface area contributed by atoms with E-state index in [4.69, 9.17) is 28.5 Å². The predicted molar refractivity (Wildman–Crippen MR) is 83.5 cm³/mol. The molecule has 2 aromatic carbocycles. The first-order valence-corrected chi connectivity index (χ1v) is 6.83. The number of hydrogen-bond acceptors (Lipinski definition) is 2. The summed E-state index contributed by atoms with van der Waals surface area (Å²) >= 11 is 11.7. The van der Waals surface area contributed by atoms with Crippen LogP contribution in [0.4, 0.5) is 10.5 Å². The maximum Gasteiger partial charge on any atom is 0.319 e. The molecule has 0 heterocycles. The average Bonchev–Trinajstić information content (AvgIpc) is 2.49. The van der Waals surface area contributed by atoms with E-state index in [0.29, 0.717) is 27.8 Å². The molecule has 106 valence electrons. The van der Waals surface area contributed by atoms with Gasteiger partial charge in [-0.1, -0.05) is 35.3 Å². The van der Waals surface area contributed by atoms with Gasteiger partial charge in [0, 0.05) is 12.2 Å². The molecule has 2 amide bonds. The zero-order valence-electron chi connectivity index (χ0n) is 10.9. The number of carbonyl (C=O) groups is 1. The van der Waals surface area contributed by atoms with Gasteiger partial charge in [0.2, 0.25) is 0 Å². The molecule has 21 heavy (non-hydrogen) atoms. The van der Waals surface area contributed by atoms with E-state index < -0.39 is 0 Å². The van der Waals surface area contributed by atoms with Crippen LogP contribution in [0.5, 0.6) is 0 Å². The average molecular weight is 320 g/mol. The number of halogens is 2. The molecule has 0 spiro atoms. The van der Waals surface area contributed by atoms with Crippen LogP contribution in [0.15, 0.2) is 42.5 Å². The van der Waals surface area contributed by atoms with Gasteiger partial charge in [-0.15, -0.1) is 0 Å². The molecule has 0 atom stereocenters. The summed E-state index contributed by atoms with van der Waals surface area (Å²) in [5, 5.41) is 14.9. The summed E-state index contributed by atoms with van der Waals surface area (Å²) in [6, 6.07) is 13.5. The summed E-state index contributed by atoms with van der Waals surface area (Å²) < 4.78 is 0. The minimum atomic E-state index is -0.349. The van der Waals surface area contributed by atoms with Crippen molar-refractivity contribution >= 4 is 34.9 Å². The Morgan fingerprint density at radius 2 is 1.81 bits per heavy atom. The van der Waals surface area contributed by atoms with Crippen LogP contribution in [0, 0.1) is 11.3 Å². The predicted octanol–water partition coefficient (Wildman–Crippen LogP) is 4.19. The molecule has 0 radical (unpaired) electrons. The summed E-state index contributed by atoms with van der Waals surface area (Å²) in [7, 11) is 0. The van der Waals surface area contributed by atoms with Crippen LogP contribution in [0.2, 0.25) is 10.0 Å². The first-order valence-electron chi connectivity index (χ1n) is 6.07. The van der Waals surface area contributed by atoms with Gasteiger partial charge < -0.3 is 10.6 Å². The monoisotopic (exact) mass is 319 g/mol. The minimum absolute atomic E-state index is 0.349. The largest absolute Gasteiger partial charge is 0.334 e. The molecule has 0 saturated carbocycles. The molecule has 0 aliphatic carbocycles. The van der Waals surface area contributed by atoms with Gasteiger partial charge in [-0.05, 0) is 35.9 Å². The Labute approximate surface area is 132 Å². The third-order valence-corrected chi connectivity index (χ3v) is 3.45. The highest BCUT2D eigenvalue weighted by molar-refractivity contribution is 6.42. The molecule has 2 aromatic rings. The van der Waals surface area contributed by atoms with Crippen LogP contribution >= 0.6 is 23.2 Å². The quantitative estimate of drug-likeness (QED) is 0.891. The van der Waals surface area contributed by atoms with Gasteiger partial charge in [0.05, 0.1) is 21.7 Å². The number of urea groups is 1. The maximum absolute atomic E-state index is 11.8. The summed E-state index contributed by atoms with van der Waals surface area (Å²) in [6.45, 7) is 0.360. The zero-order valence-corrected chi connectivity index (χ0v) is 12.4. The van der Waals surface area contributed by atoms with Gasteiger partial charge in [-0.25, -0.2) is 4.79 Å². The number of rotatable bonds is 3. The van der Waals surface area contributed by atoms with E-state index in [-0.39, 0.29) is 6.03 Å².